The zero-order valence-corrected chi connectivity index (χ0v) is 23.3. The van der Waals surface area contributed by atoms with Gasteiger partial charge < -0.3 is 37.9 Å². The first-order valence-electron chi connectivity index (χ1n) is 13.4. The molecule has 0 fully saturated rings. The van der Waals surface area contributed by atoms with Crippen molar-refractivity contribution in [1.29, 1.82) is 5.26 Å². The van der Waals surface area contributed by atoms with Crippen LogP contribution in [-0.2, 0) is 39.6 Å². The van der Waals surface area contributed by atoms with Crippen molar-refractivity contribution in [2.24, 2.45) is 0 Å². The van der Waals surface area contributed by atoms with Crippen LogP contribution >= 0.6 is 0 Å². The van der Waals surface area contributed by atoms with E-state index in [1.807, 2.05) is 55.5 Å². The van der Waals surface area contributed by atoms with E-state index in [1.165, 1.54) is 0 Å². The molecule has 9 nitrogen and oxygen atoms in total. The van der Waals surface area contributed by atoms with Gasteiger partial charge in [-0.25, -0.2) is 0 Å². The lowest BCUT2D eigenvalue weighted by molar-refractivity contribution is -0.0223. The molecule has 0 bridgehead atoms. The van der Waals surface area contributed by atoms with Crippen LogP contribution in [0.5, 0.6) is 5.75 Å². The predicted octanol–water partition coefficient (Wildman–Crippen LogP) is 3.93. The molecule has 0 aromatic heterocycles. The second-order valence-corrected chi connectivity index (χ2v) is 8.61. The van der Waals surface area contributed by atoms with E-state index in [4.69, 9.17) is 43.2 Å². The molecule has 1 atom stereocenters. The molecule has 0 saturated carbocycles. The van der Waals surface area contributed by atoms with Crippen molar-refractivity contribution >= 4 is 0 Å². The summed E-state index contributed by atoms with van der Waals surface area (Å²) in [6.07, 6.45) is 0.346. The third-order valence-electron chi connectivity index (χ3n) is 5.41. The summed E-state index contributed by atoms with van der Waals surface area (Å²) >= 11 is 0. The second kappa shape index (κ2) is 22.3. The highest BCUT2D eigenvalue weighted by Crippen LogP contribution is 2.23. The number of methoxy groups -OCH3 is 1. The van der Waals surface area contributed by atoms with Gasteiger partial charge in [0.2, 0.25) is 0 Å². The van der Waals surface area contributed by atoms with E-state index in [2.05, 4.69) is 6.07 Å². The van der Waals surface area contributed by atoms with Gasteiger partial charge in [0.1, 0.15) is 11.9 Å². The molecule has 0 heterocycles. The Morgan fingerprint density at radius 2 is 1.00 bits per heavy atom. The van der Waals surface area contributed by atoms with Gasteiger partial charge in [0.25, 0.3) is 0 Å². The Bertz CT molecular complexity index is 885. The molecule has 2 aromatic carbocycles. The van der Waals surface area contributed by atoms with Gasteiger partial charge in [0.05, 0.1) is 98.4 Å². The Balaban J connectivity index is 1.38. The molecule has 2 aromatic rings. The second-order valence-electron chi connectivity index (χ2n) is 8.61. The number of nitrogens with zero attached hydrogens (tertiary/aromatic N) is 1. The van der Waals surface area contributed by atoms with Crippen LogP contribution in [0.4, 0.5) is 0 Å². The van der Waals surface area contributed by atoms with Crippen molar-refractivity contribution in [2.75, 3.05) is 93.0 Å². The number of benzene rings is 2. The lowest BCUT2D eigenvalue weighted by Crippen LogP contribution is -2.21. The number of rotatable bonds is 24. The summed E-state index contributed by atoms with van der Waals surface area (Å²) in [6, 6.07) is 18.2. The van der Waals surface area contributed by atoms with E-state index in [9.17, 15) is 0 Å². The van der Waals surface area contributed by atoms with E-state index in [1.54, 1.807) is 7.11 Å². The van der Waals surface area contributed by atoms with Gasteiger partial charge in [-0.3, -0.25) is 0 Å². The SMILES string of the molecule is COCCOCCOCCOCCOCCOCCOC[C@@H](C)Oc1ccc(-c2ccc(CC#N)cc2)cc1. The first-order chi connectivity index (χ1) is 19.2. The zero-order valence-electron chi connectivity index (χ0n) is 23.3. The van der Waals surface area contributed by atoms with E-state index < -0.39 is 0 Å². The van der Waals surface area contributed by atoms with Crippen molar-refractivity contribution in [3.63, 3.8) is 0 Å². The molecule has 0 aliphatic heterocycles. The Labute approximate surface area is 232 Å². The van der Waals surface area contributed by atoms with Crippen molar-refractivity contribution in [3.8, 4) is 22.9 Å². The Morgan fingerprint density at radius 1 is 0.590 bits per heavy atom. The van der Waals surface area contributed by atoms with Gasteiger partial charge in [0, 0.05) is 7.11 Å². The normalized spacial score (nSPS) is 11.8. The molecule has 0 saturated heterocycles. The maximum Gasteiger partial charge on any atom is 0.119 e. The van der Waals surface area contributed by atoms with Gasteiger partial charge in [-0.2, -0.15) is 5.26 Å². The predicted molar refractivity (Wildman–Crippen MR) is 148 cm³/mol. The quantitative estimate of drug-likeness (QED) is 0.182. The molecule has 0 radical (unpaired) electrons. The summed E-state index contributed by atoms with van der Waals surface area (Å²) in [4.78, 5) is 0. The Hall–Kier alpha value is -2.55. The highest BCUT2D eigenvalue weighted by atomic mass is 16.6. The molecular formula is C30H43NO8. The van der Waals surface area contributed by atoms with Crippen LogP contribution in [0.15, 0.2) is 48.5 Å². The van der Waals surface area contributed by atoms with Gasteiger partial charge in [-0.05, 0) is 35.7 Å². The van der Waals surface area contributed by atoms with Crippen molar-refractivity contribution < 1.29 is 37.9 Å². The maximum atomic E-state index is 8.80. The number of ether oxygens (including phenoxy) is 8. The van der Waals surface area contributed by atoms with Crippen LogP contribution in [0, 0.1) is 11.3 Å². The summed E-state index contributed by atoms with van der Waals surface area (Å²) in [7, 11) is 1.65. The first kappa shape index (κ1) is 32.7. The smallest absolute Gasteiger partial charge is 0.119 e. The average Bonchev–Trinajstić information content (AvgIpc) is 2.95. The largest absolute Gasteiger partial charge is 0.488 e. The number of nitriles is 1. The molecule has 0 N–H and O–H groups in total. The highest BCUT2D eigenvalue weighted by Gasteiger charge is 2.06. The Morgan fingerprint density at radius 3 is 1.44 bits per heavy atom. The highest BCUT2D eigenvalue weighted by molar-refractivity contribution is 5.64. The average molecular weight is 546 g/mol. The molecule has 0 unspecified atom stereocenters. The van der Waals surface area contributed by atoms with Crippen LogP contribution in [0.25, 0.3) is 11.1 Å². The van der Waals surface area contributed by atoms with E-state index in [0.29, 0.717) is 92.3 Å². The van der Waals surface area contributed by atoms with Gasteiger partial charge >= 0.3 is 0 Å². The molecular weight excluding hydrogens is 502 g/mol. The topological polar surface area (TPSA) is 97.6 Å². The summed E-state index contributed by atoms with van der Waals surface area (Å²) in [6.45, 7) is 8.86. The van der Waals surface area contributed by atoms with Crippen LogP contribution in [0.2, 0.25) is 0 Å². The molecule has 0 aliphatic rings. The molecule has 0 spiro atoms. The molecule has 2 rings (SSSR count). The Kier molecular flexibility index (Phi) is 18.7. The van der Waals surface area contributed by atoms with Gasteiger partial charge in [-0.1, -0.05) is 36.4 Å². The molecule has 9 heteroatoms. The number of hydrogen-bond acceptors (Lipinski definition) is 9. The minimum absolute atomic E-state index is 0.0796. The standard InChI is InChI=1S/C30H43NO8/c1-26(39-30-9-7-29(8-10-30)28-5-3-27(4-6-28)11-12-31)25-38-24-23-37-22-21-36-20-19-35-18-17-34-16-15-33-14-13-32-2/h3-10,26H,11,13-25H2,1-2H3/t26-/m1/s1. The van der Waals surface area contributed by atoms with Crippen molar-refractivity contribution in [1.82, 2.24) is 0 Å². The van der Waals surface area contributed by atoms with E-state index in [0.717, 1.165) is 22.4 Å². The third-order valence-corrected chi connectivity index (χ3v) is 5.41. The van der Waals surface area contributed by atoms with Gasteiger partial charge in [-0.15, -0.1) is 0 Å². The minimum atomic E-state index is -0.0796. The lowest BCUT2D eigenvalue weighted by atomic mass is 10.0. The third kappa shape index (κ3) is 16.2. The van der Waals surface area contributed by atoms with Crippen molar-refractivity contribution in [2.45, 2.75) is 19.4 Å². The van der Waals surface area contributed by atoms with Crippen molar-refractivity contribution in [3.05, 3.63) is 54.1 Å². The van der Waals surface area contributed by atoms with Crippen LogP contribution in [-0.4, -0.2) is 99.1 Å². The monoisotopic (exact) mass is 545 g/mol. The van der Waals surface area contributed by atoms with E-state index in [-0.39, 0.29) is 6.10 Å². The number of hydrogen-bond donors (Lipinski definition) is 0. The van der Waals surface area contributed by atoms with Crippen LogP contribution in [0.1, 0.15) is 12.5 Å². The summed E-state index contributed by atoms with van der Waals surface area (Å²) < 4.78 is 43.7. The van der Waals surface area contributed by atoms with E-state index >= 15 is 0 Å². The summed E-state index contributed by atoms with van der Waals surface area (Å²) in [5.41, 5.74) is 3.23. The van der Waals surface area contributed by atoms with Gasteiger partial charge in [0.15, 0.2) is 0 Å². The van der Waals surface area contributed by atoms with Crippen LogP contribution < -0.4 is 4.74 Å². The fraction of sp³-hybridized carbons (Fsp3) is 0.567. The lowest BCUT2D eigenvalue weighted by Gasteiger charge is -2.15. The zero-order chi connectivity index (χ0) is 27.8. The summed E-state index contributed by atoms with van der Waals surface area (Å²) in [5.74, 6) is 0.796. The minimum Gasteiger partial charge on any atom is -0.488 e. The molecule has 39 heavy (non-hydrogen) atoms. The summed E-state index contributed by atoms with van der Waals surface area (Å²) in [5, 5.41) is 8.80. The molecule has 0 amide bonds. The first-order valence-corrected chi connectivity index (χ1v) is 13.4. The maximum absolute atomic E-state index is 8.80. The van der Waals surface area contributed by atoms with Crippen LogP contribution in [0.3, 0.4) is 0 Å². The fourth-order valence-corrected chi connectivity index (χ4v) is 3.39. The molecule has 216 valence electrons. The fourth-order valence-electron chi connectivity index (χ4n) is 3.39. The molecule has 0 aliphatic carbocycles.